The van der Waals surface area contributed by atoms with Gasteiger partial charge in [-0.15, -0.1) is 6.42 Å². The van der Waals surface area contributed by atoms with Crippen LogP contribution >= 0.6 is 0 Å². The molecule has 0 fully saturated rings. The molecule has 0 radical (unpaired) electrons. The van der Waals surface area contributed by atoms with E-state index < -0.39 is 0 Å². The first kappa shape index (κ1) is 10.4. The van der Waals surface area contributed by atoms with E-state index in [9.17, 15) is 5.11 Å². The minimum absolute atomic E-state index is 0.119. The molecule has 0 heterocycles. The summed E-state index contributed by atoms with van der Waals surface area (Å²) in [6, 6.07) is 5.04. The van der Waals surface area contributed by atoms with Crippen LogP contribution in [0.25, 0.3) is 0 Å². The van der Waals surface area contributed by atoms with E-state index in [0.717, 1.165) is 5.56 Å². The molecule has 0 aliphatic heterocycles. The molecule has 1 aromatic carbocycles. The molecule has 0 aromatic heterocycles. The van der Waals surface area contributed by atoms with E-state index in [0.29, 0.717) is 12.4 Å². The van der Waals surface area contributed by atoms with Crippen LogP contribution in [0.2, 0.25) is 0 Å². The molecule has 0 atom stereocenters. The number of rotatable bonds is 4. The number of terminal acetylenes is 1. The maximum atomic E-state index is 9.31. The third kappa shape index (κ3) is 2.68. The molecular formula is C11H12O3. The molecule has 0 amide bonds. The van der Waals surface area contributed by atoms with Gasteiger partial charge in [0.15, 0.2) is 11.5 Å². The van der Waals surface area contributed by atoms with E-state index in [1.807, 2.05) is 0 Å². The van der Waals surface area contributed by atoms with Gasteiger partial charge in [0.05, 0.1) is 13.7 Å². The second kappa shape index (κ2) is 5.15. The minimum Gasteiger partial charge on any atom is -0.504 e. The van der Waals surface area contributed by atoms with Gasteiger partial charge in [-0.3, -0.25) is 0 Å². The smallest absolute Gasteiger partial charge is 0.160 e. The fourth-order valence-corrected chi connectivity index (χ4v) is 1.04. The predicted molar refractivity (Wildman–Crippen MR) is 53.1 cm³/mol. The third-order valence-electron chi connectivity index (χ3n) is 1.70. The Kier molecular flexibility index (Phi) is 3.84. The van der Waals surface area contributed by atoms with Crippen molar-refractivity contribution in [3.8, 4) is 23.8 Å². The summed E-state index contributed by atoms with van der Waals surface area (Å²) in [5, 5.41) is 9.31. The Bertz CT molecular complexity index is 339. The Morgan fingerprint density at radius 1 is 1.50 bits per heavy atom. The molecule has 1 rings (SSSR count). The van der Waals surface area contributed by atoms with Crippen molar-refractivity contribution in [1.29, 1.82) is 0 Å². The number of ether oxygens (including phenoxy) is 2. The number of benzene rings is 1. The lowest BCUT2D eigenvalue weighted by Gasteiger charge is -2.06. The van der Waals surface area contributed by atoms with Crippen molar-refractivity contribution in [2.45, 2.75) is 6.61 Å². The first-order valence-corrected chi connectivity index (χ1v) is 4.15. The summed E-state index contributed by atoms with van der Waals surface area (Å²) in [7, 11) is 1.50. The molecule has 74 valence electrons. The number of hydrogen-bond acceptors (Lipinski definition) is 3. The molecule has 0 aliphatic rings. The Balaban J connectivity index is 2.65. The van der Waals surface area contributed by atoms with Gasteiger partial charge in [0.25, 0.3) is 0 Å². The van der Waals surface area contributed by atoms with Gasteiger partial charge in [0, 0.05) is 0 Å². The Hall–Kier alpha value is -1.66. The quantitative estimate of drug-likeness (QED) is 0.581. The van der Waals surface area contributed by atoms with E-state index in [4.69, 9.17) is 15.9 Å². The van der Waals surface area contributed by atoms with Gasteiger partial charge in [0.1, 0.15) is 6.61 Å². The maximum Gasteiger partial charge on any atom is 0.160 e. The molecule has 0 spiro atoms. The van der Waals surface area contributed by atoms with Crippen LogP contribution < -0.4 is 4.74 Å². The molecule has 3 heteroatoms. The summed E-state index contributed by atoms with van der Waals surface area (Å²) >= 11 is 0. The van der Waals surface area contributed by atoms with Gasteiger partial charge in [-0.1, -0.05) is 12.0 Å². The van der Waals surface area contributed by atoms with Crippen molar-refractivity contribution in [2.75, 3.05) is 13.7 Å². The van der Waals surface area contributed by atoms with Gasteiger partial charge in [-0.05, 0) is 17.7 Å². The molecule has 14 heavy (non-hydrogen) atoms. The van der Waals surface area contributed by atoms with Crippen LogP contribution in [-0.4, -0.2) is 18.8 Å². The van der Waals surface area contributed by atoms with Crippen LogP contribution in [0.5, 0.6) is 11.5 Å². The second-order valence-corrected chi connectivity index (χ2v) is 2.70. The first-order valence-electron chi connectivity index (χ1n) is 4.15. The van der Waals surface area contributed by atoms with E-state index in [1.165, 1.54) is 7.11 Å². The van der Waals surface area contributed by atoms with Crippen LogP contribution in [0.4, 0.5) is 0 Å². The predicted octanol–water partition coefficient (Wildman–Crippen LogP) is 1.55. The Labute approximate surface area is 83.3 Å². The largest absolute Gasteiger partial charge is 0.504 e. The highest BCUT2D eigenvalue weighted by Crippen LogP contribution is 2.26. The number of phenols is 1. The zero-order chi connectivity index (χ0) is 10.4. The van der Waals surface area contributed by atoms with Gasteiger partial charge in [0.2, 0.25) is 0 Å². The lowest BCUT2D eigenvalue weighted by atomic mass is 10.2. The van der Waals surface area contributed by atoms with Gasteiger partial charge >= 0.3 is 0 Å². The lowest BCUT2D eigenvalue weighted by molar-refractivity contribution is 0.153. The highest BCUT2D eigenvalue weighted by Gasteiger charge is 2.01. The molecule has 0 unspecified atom stereocenters. The van der Waals surface area contributed by atoms with Crippen LogP contribution in [0, 0.1) is 12.3 Å². The topological polar surface area (TPSA) is 38.7 Å². The fraction of sp³-hybridized carbons (Fsp3) is 0.273. The highest BCUT2D eigenvalue weighted by molar-refractivity contribution is 5.41. The third-order valence-corrected chi connectivity index (χ3v) is 1.70. The van der Waals surface area contributed by atoms with E-state index >= 15 is 0 Å². The molecule has 0 saturated heterocycles. The van der Waals surface area contributed by atoms with Crippen LogP contribution in [0.3, 0.4) is 0 Å². The minimum atomic E-state index is 0.119. The summed E-state index contributed by atoms with van der Waals surface area (Å²) in [5.74, 6) is 2.93. The summed E-state index contributed by atoms with van der Waals surface area (Å²) in [4.78, 5) is 0. The SMILES string of the molecule is C#CCOCc1ccc(O)c(OC)c1. The van der Waals surface area contributed by atoms with Crippen molar-refractivity contribution in [1.82, 2.24) is 0 Å². The van der Waals surface area contributed by atoms with Crippen molar-refractivity contribution in [3.63, 3.8) is 0 Å². The van der Waals surface area contributed by atoms with Crippen LogP contribution in [0.15, 0.2) is 18.2 Å². The monoisotopic (exact) mass is 192 g/mol. The first-order chi connectivity index (χ1) is 6.77. The van der Waals surface area contributed by atoms with Crippen LogP contribution in [0.1, 0.15) is 5.56 Å². The number of phenolic OH excluding ortho intramolecular Hbond substituents is 1. The van der Waals surface area contributed by atoms with Crippen molar-refractivity contribution in [2.24, 2.45) is 0 Å². The van der Waals surface area contributed by atoms with Gasteiger partial charge < -0.3 is 14.6 Å². The van der Waals surface area contributed by atoms with E-state index in [1.54, 1.807) is 18.2 Å². The zero-order valence-corrected chi connectivity index (χ0v) is 7.99. The fourth-order valence-electron chi connectivity index (χ4n) is 1.04. The van der Waals surface area contributed by atoms with Crippen molar-refractivity contribution in [3.05, 3.63) is 23.8 Å². The molecule has 1 aromatic rings. The standard InChI is InChI=1S/C11H12O3/c1-3-6-14-8-9-4-5-10(12)11(7-9)13-2/h1,4-5,7,12H,6,8H2,2H3. The number of hydrogen-bond donors (Lipinski definition) is 1. The Morgan fingerprint density at radius 2 is 2.29 bits per heavy atom. The number of aromatic hydroxyl groups is 1. The lowest BCUT2D eigenvalue weighted by Crippen LogP contribution is -1.93. The molecule has 0 aliphatic carbocycles. The Morgan fingerprint density at radius 3 is 2.93 bits per heavy atom. The normalized spacial score (nSPS) is 9.43. The molecule has 1 N–H and O–H groups in total. The van der Waals surface area contributed by atoms with Gasteiger partial charge in [-0.25, -0.2) is 0 Å². The summed E-state index contributed by atoms with van der Waals surface area (Å²) in [5.41, 5.74) is 0.912. The van der Waals surface area contributed by atoms with E-state index in [2.05, 4.69) is 5.92 Å². The molecule has 0 bridgehead atoms. The van der Waals surface area contributed by atoms with Gasteiger partial charge in [-0.2, -0.15) is 0 Å². The highest BCUT2D eigenvalue weighted by atomic mass is 16.5. The average molecular weight is 192 g/mol. The molecule has 0 saturated carbocycles. The van der Waals surface area contributed by atoms with E-state index in [-0.39, 0.29) is 12.4 Å². The summed E-state index contributed by atoms with van der Waals surface area (Å²) < 4.78 is 10.1. The summed E-state index contributed by atoms with van der Waals surface area (Å²) in [6.07, 6.45) is 5.03. The molecule has 3 nitrogen and oxygen atoms in total. The second-order valence-electron chi connectivity index (χ2n) is 2.70. The zero-order valence-electron chi connectivity index (χ0n) is 7.99. The van der Waals surface area contributed by atoms with Crippen molar-refractivity contribution >= 4 is 0 Å². The maximum absolute atomic E-state index is 9.31. The summed E-state index contributed by atoms with van der Waals surface area (Å²) in [6.45, 7) is 0.698. The van der Waals surface area contributed by atoms with Crippen LogP contribution in [-0.2, 0) is 11.3 Å². The van der Waals surface area contributed by atoms with Crippen molar-refractivity contribution < 1.29 is 14.6 Å². The average Bonchev–Trinajstić information content (AvgIpc) is 2.21. The number of methoxy groups -OCH3 is 1. The molecular weight excluding hydrogens is 180 g/mol.